The van der Waals surface area contributed by atoms with E-state index in [4.69, 9.17) is 4.74 Å². The lowest BCUT2D eigenvalue weighted by Gasteiger charge is -2.00. The number of likely N-dealkylation sites (N-methyl/N-ethyl adjacent to an activating group) is 1. The van der Waals surface area contributed by atoms with Gasteiger partial charge in [0.1, 0.15) is 6.61 Å². The van der Waals surface area contributed by atoms with Crippen molar-refractivity contribution in [3.8, 4) is 0 Å². The summed E-state index contributed by atoms with van der Waals surface area (Å²) >= 11 is 0. The number of carbonyl (C=O) groups excluding carboxylic acids is 1. The smallest absolute Gasteiger partial charge is 0.305 e. The van der Waals surface area contributed by atoms with Crippen LogP contribution in [0.15, 0.2) is 0 Å². The number of esters is 1. The van der Waals surface area contributed by atoms with Crippen LogP contribution in [0.4, 0.5) is 0 Å². The topological polar surface area (TPSA) is 38.3 Å². The maximum absolute atomic E-state index is 10.4. The molecule has 3 nitrogen and oxygen atoms in total. The van der Waals surface area contributed by atoms with Crippen molar-refractivity contribution in [1.82, 2.24) is 5.32 Å². The molecule has 9 heavy (non-hydrogen) atoms. The molecule has 0 radical (unpaired) electrons. The summed E-state index contributed by atoms with van der Waals surface area (Å²) in [4.78, 5) is 10.4. The standard InChI is InChI=1S/C6H13NO2/c1-3-6(8)9-5-4-7-2/h7H,3-5H2,1-2H3. The molecule has 0 atom stereocenters. The molecule has 0 rings (SSSR count). The number of hydrogen-bond acceptors (Lipinski definition) is 3. The summed E-state index contributed by atoms with van der Waals surface area (Å²) in [7, 11) is 1.82. The number of ether oxygens (including phenoxy) is 1. The molecule has 0 aliphatic rings. The SMILES string of the molecule is CCC(=O)OCCNC. The summed E-state index contributed by atoms with van der Waals surface area (Å²) in [5.74, 6) is -0.134. The zero-order valence-electron chi connectivity index (χ0n) is 5.94. The second kappa shape index (κ2) is 5.56. The molecule has 3 heteroatoms. The Labute approximate surface area is 55.4 Å². The van der Waals surface area contributed by atoms with Crippen molar-refractivity contribution in [2.24, 2.45) is 0 Å². The van der Waals surface area contributed by atoms with Gasteiger partial charge in [-0.05, 0) is 7.05 Å². The number of rotatable bonds is 4. The van der Waals surface area contributed by atoms with Crippen molar-refractivity contribution in [3.05, 3.63) is 0 Å². The maximum atomic E-state index is 10.4. The lowest BCUT2D eigenvalue weighted by Crippen LogP contribution is -2.16. The molecule has 54 valence electrons. The van der Waals surface area contributed by atoms with Gasteiger partial charge in [-0.2, -0.15) is 0 Å². The fraction of sp³-hybridized carbons (Fsp3) is 0.833. The second-order valence-electron chi connectivity index (χ2n) is 1.68. The van der Waals surface area contributed by atoms with Crippen molar-refractivity contribution in [2.75, 3.05) is 20.2 Å². The van der Waals surface area contributed by atoms with Gasteiger partial charge < -0.3 is 10.1 Å². The van der Waals surface area contributed by atoms with E-state index < -0.39 is 0 Å². The summed E-state index contributed by atoms with van der Waals surface area (Å²) in [5, 5.41) is 2.87. The van der Waals surface area contributed by atoms with E-state index in [1.807, 2.05) is 7.05 Å². The van der Waals surface area contributed by atoms with Gasteiger partial charge in [0.2, 0.25) is 0 Å². The second-order valence-corrected chi connectivity index (χ2v) is 1.68. The van der Waals surface area contributed by atoms with Gasteiger partial charge in [0.05, 0.1) is 0 Å². The molecule has 0 heterocycles. The summed E-state index contributed by atoms with van der Waals surface area (Å²) < 4.78 is 4.73. The van der Waals surface area contributed by atoms with Crippen molar-refractivity contribution < 1.29 is 9.53 Å². The minimum absolute atomic E-state index is 0.134. The van der Waals surface area contributed by atoms with E-state index in [1.54, 1.807) is 6.92 Å². The summed E-state index contributed by atoms with van der Waals surface area (Å²) in [5.41, 5.74) is 0. The monoisotopic (exact) mass is 131 g/mol. The predicted octanol–water partition coefficient (Wildman–Crippen LogP) is 0.159. The quantitative estimate of drug-likeness (QED) is 0.436. The summed E-state index contributed by atoms with van der Waals surface area (Å²) in [6.07, 6.45) is 0.462. The van der Waals surface area contributed by atoms with Gasteiger partial charge in [0.25, 0.3) is 0 Å². The van der Waals surface area contributed by atoms with Crippen LogP contribution < -0.4 is 5.32 Å². The van der Waals surface area contributed by atoms with Gasteiger partial charge in [-0.15, -0.1) is 0 Å². The van der Waals surface area contributed by atoms with Crippen LogP contribution in [0.25, 0.3) is 0 Å². The van der Waals surface area contributed by atoms with E-state index in [9.17, 15) is 4.79 Å². The maximum Gasteiger partial charge on any atom is 0.305 e. The summed E-state index contributed by atoms with van der Waals surface area (Å²) in [6.45, 7) is 2.98. The first-order valence-electron chi connectivity index (χ1n) is 3.11. The molecule has 0 aliphatic carbocycles. The molecule has 0 saturated heterocycles. The molecular formula is C6H13NO2. The van der Waals surface area contributed by atoms with Crippen LogP contribution in [0.3, 0.4) is 0 Å². The van der Waals surface area contributed by atoms with Gasteiger partial charge in [-0.1, -0.05) is 6.92 Å². The highest BCUT2D eigenvalue weighted by atomic mass is 16.5. The lowest BCUT2D eigenvalue weighted by atomic mass is 10.5. The van der Waals surface area contributed by atoms with E-state index in [0.717, 1.165) is 6.54 Å². The van der Waals surface area contributed by atoms with Crippen LogP contribution in [-0.4, -0.2) is 26.2 Å². The molecule has 0 aliphatic heterocycles. The summed E-state index contributed by atoms with van der Waals surface area (Å²) in [6, 6.07) is 0. The largest absolute Gasteiger partial charge is 0.464 e. The van der Waals surface area contributed by atoms with Gasteiger partial charge >= 0.3 is 5.97 Å². The Morgan fingerprint density at radius 3 is 2.78 bits per heavy atom. The van der Waals surface area contributed by atoms with E-state index in [2.05, 4.69) is 5.32 Å². The van der Waals surface area contributed by atoms with E-state index in [1.165, 1.54) is 0 Å². The highest BCUT2D eigenvalue weighted by molar-refractivity contribution is 5.68. The highest BCUT2D eigenvalue weighted by Gasteiger charge is 1.94. The highest BCUT2D eigenvalue weighted by Crippen LogP contribution is 1.81. The molecule has 0 spiro atoms. The Hall–Kier alpha value is -0.570. The van der Waals surface area contributed by atoms with Crippen LogP contribution in [0, 0.1) is 0 Å². The van der Waals surface area contributed by atoms with Crippen molar-refractivity contribution in [1.29, 1.82) is 0 Å². The van der Waals surface area contributed by atoms with E-state index in [0.29, 0.717) is 13.0 Å². The Morgan fingerprint density at radius 2 is 2.33 bits per heavy atom. The normalized spacial score (nSPS) is 9.11. The molecule has 0 unspecified atom stereocenters. The molecule has 0 aromatic carbocycles. The fourth-order valence-electron chi connectivity index (χ4n) is 0.369. The molecule has 0 aromatic rings. The zero-order valence-corrected chi connectivity index (χ0v) is 5.94. The van der Waals surface area contributed by atoms with Gasteiger partial charge in [-0.25, -0.2) is 0 Å². The predicted molar refractivity (Wildman–Crippen MR) is 35.2 cm³/mol. The van der Waals surface area contributed by atoms with Crippen molar-refractivity contribution >= 4 is 5.97 Å². The van der Waals surface area contributed by atoms with Gasteiger partial charge in [-0.3, -0.25) is 4.79 Å². The molecule has 0 fully saturated rings. The Morgan fingerprint density at radius 1 is 1.67 bits per heavy atom. The first-order valence-corrected chi connectivity index (χ1v) is 3.11. The molecule has 0 amide bonds. The molecular weight excluding hydrogens is 118 g/mol. The Kier molecular flexibility index (Phi) is 5.21. The van der Waals surface area contributed by atoms with Crippen molar-refractivity contribution in [2.45, 2.75) is 13.3 Å². The first kappa shape index (κ1) is 8.43. The van der Waals surface area contributed by atoms with Crippen LogP contribution in [-0.2, 0) is 9.53 Å². The van der Waals surface area contributed by atoms with Gasteiger partial charge in [0, 0.05) is 13.0 Å². The number of hydrogen-bond donors (Lipinski definition) is 1. The van der Waals surface area contributed by atoms with Crippen LogP contribution >= 0.6 is 0 Å². The minimum Gasteiger partial charge on any atom is -0.464 e. The average Bonchev–Trinajstić information content (AvgIpc) is 1.89. The number of nitrogens with one attached hydrogen (secondary N) is 1. The Bertz CT molecular complexity index is 83.1. The van der Waals surface area contributed by atoms with Crippen molar-refractivity contribution in [3.63, 3.8) is 0 Å². The van der Waals surface area contributed by atoms with Crippen LogP contribution in [0.2, 0.25) is 0 Å². The van der Waals surface area contributed by atoms with Crippen LogP contribution in [0.1, 0.15) is 13.3 Å². The zero-order chi connectivity index (χ0) is 7.11. The molecule has 0 saturated carbocycles. The average molecular weight is 131 g/mol. The molecule has 0 bridgehead atoms. The third-order valence-electron chi connectivity index (χ3n) is 0.904. The van der Waals surface area contributed by atoms with Crippen LogP contribution in [0.5, 0.6) is 0 Å². The van der Waals surface area contributed by atoms with Gasteiger partial charge in [0.15, 0.2) is 0 Å². The molecule has 0 aromatic heterocycles. The third-order valence-corrected chi connectivity index (χ3v) is 0.904. The number of carbonyl (C=O) groups is 1. The van der Waals surface area contributed by atoms with E-state index >= 15 is 0 Å². The first-order chi connectivity index (χ1) is 4.31. The molecule has 1 N–H and O–H groups in total. The minimum atomic E-state index is -0.134. The lowest BCUT2D eigenvalue weighted by molar-refractivity contribution is -0.143. The Balaban J connectivity index is 2.97. The van der Waals surface area contributed by atoms with E-state index in [-0.39, 0.29) is 5.97 Å². The fourth-order valence-corrected chi connectivity index (χ4v) is 0.369. The third kappa shape index (κ3) is 5.30.